The van der Waals surface area contributed by atoms with Gasteiger partial charge in [0.15, 0.2) is 0 Å². The van der Waals surface area contributed by atoms with Crippen LogP contribution in [-0.4, -0.2) is 16.4 Å². The van der Waals surface area contributed by atoms with E-state index in [1.54, 1.807) is 5.20 Å². The van der Waals surface area contributed by atoms with Crippen molar-refractivity contribution in [2.24, 2.45) is 0 Å². The van der Waals surface area contributed by atoms with Crippen molar-refractivity contribution in [3.05, 3.63) is 41.3 Å². The van der Waals surface area contributed by atoms with Crippen LogP contribution in [0.15, 0.2) is 41.3 Å². The third-order valence-electron chi connectivity index (χ3n) is 3.99. The largest absolute Gasteiger partial charge is 0.548 e. The number of allylic oxidation sites excluding steroid dienone is 2. The molecule has 0 saturated heterocycles. The molecule has 1 aromatic carbocycles. The summed E-state index contributed by atoms with van der Waals surface area (Å²) in [5, 5.41) is 3.15. The lowest BCUT2D eigenvalue weighted by Crippen LogP contribution is -2.45. The fraction of sp³-hybridized carbons (Fsp3) is 0.579. The second kappa shape index (κ2) is 8.16. The second-order valence-electron chi connectivity index (χ2n) is 7.61. The molecule has 0 aromatic heterocycles. The lowest BCUT2D eigenvalue weighted by Gasteiger charge is -2.32. The molecule has 0 bridgehead atoms. The van der Waals surface area contributed by atoms with Crippen LogP contribution in [0, 0.1) is 0 Å². The van der Waals surface area contributed by atoms with E-state index in [1.165, 1.54) is 23.8 Å². The Bertz CT molecular complexity index is 484. The van der Waals surface area contributed by atoms with Crippen LogP contribution in [-0.2, 0) is 4.43 Å². The molecule has 0 heterocycles. The van der Waals surface area contributed by atoms with Gasteiger partial charge in [0, 0.05) is 6.42 Å². The highest BCUT2D eigenvalue weighted by atomic mass is 28.4. The monoisotopic (exact) mass is 334 g/mol. The molecular weight excluding hydrogens is 300 g/mol. The Labute approximate surface area is 139 Å². The molecule has 0 radical (unpaired) electrons. The smallest absolute Gasteiger partial charge is 0.241 e. The van der Waals surface area contributed by atoms with Gasteiger partial charge in [-0.05, 0) is 37.7 Å². The van der Waals surface area contributed by atoms with E-state index in [-0.39, 0.29) is 0 Å². The Morgan fingerprint density at radius 2 is 1.41 bits per heavy atom. The van der Waals surface area contributed by atoms with Gasteiger partial charge in [0.2, 0.25) is 8.32 Å². The quantitative estimate of drug-likeness (QED) is 0.428. The van der Waals surface area contributed by atoms with Gasteiger partial charge in [-0.2, -0.15) is 0 Å². The SMILES string of the molecule is CCC/C(O[Si](C)(C)C)=C(\CCC)[Si](C)(C)c1ccccc1. The maximum atomic E-state index is 6.55. The van der Waals surface area contributed by atoms with Crippen molar-refractivity contribution in [3.63, 3.8) is 0 Å². The minimum atomic E-state index is -1.65. The van der Waals surface area contributed by atoms with Crippen molar-refractivity contribution >= 4 is 21.6 Å². The van der Waals surface area contributed by atoms with E-state index < -0.39 is 16.4 Å². The summed E-state index contributed by atoms with van der Waals surface area (Å²) in [6.45, 7) is 16.4. The molecule has 0 saturated carbocycles. The predicted octanol–water partition coefficient (Wildman–Crippen LogP) is 5.85. The Morgan fingerprint density at radius 3 is 1.86 bits per heavy atom. The zero-order chi connectivity index (χ0) is 16.8. The van der Waals surface area contributed by atoms with Gasteiger partial charge in [-0.25, -0.2) is 0 Å². The molecule has 0 unspecified atom stereocenters. The average Bonchev–Trinajstić information content (AvgIpc) is 2.43. The summed E-state index contributed by atoms with van der Waals surface area (Å²) in [5.74, 6) is 1.32. The highest BCUT2D eigenvalue weighted by Gasteiger charge is 2.32. The van der Waals surface area contributed by atoms with Gasteiger partial charge in [0.05, 0.1) is 5.76 Å². The molecular formula is C19H34OSi2. The van der Waals surface area contributed by atoms with Crippen LogP contribution in [0.4, 0.5) is 0 Å². The lowest BCUT2D eigenvalue weighted by atomic mass is 10.2. The zero-order valence-electron chi connectivity index (χ0n) is 15.6. The normalized spacial score (nSPS) is 13.8. The standard InChI is InChI=1S/C19H34OSi2/c1-8-13-18(20-21(3,4)5)19(14-9-2)22(6,7)17-15-11-10-12-16-17/h10-12,15-16H,8-9,13-14H2,1-7H3/b19-18-. The van der Waals surface area contributed by atoms with E-state index in [0.717, 1.165) is 12.8 Å². The molecule has 0 N–H and O–H groups in total. The summed E-state index contributed by atoms with van der Waals surface area (Å²) in [7, 11) is -3.22. The van der Waals surface area contributed by atoms with E-state index in [0.29, 0.717) is 0 Å². The van der Waals surface area contributed by atoms with Gasteiger partial charge < -0.3 is 4.43 Å². The lowest BCUT2D eigenvalue weighted by molar-refractivity contribution is 0.392. The molecule has 0 atom stereocenters. The van der Waals surface area contributed by atoms with Gasteiger partial charge in [0.25, 0.3) is 0 Å². The molecule has 0 aliphatic rings. The minimum Gasteiger partial charge on any atom is -0.548 e. The Balaban J connectivity index is 3.35. The predicted molar refractivity (Wildman–Crippen MR) is 105 cm³/mol. The second-order valence-corrected chi connectivity index (χ2v) is 16.5. The average molecular weight is 335 g/mol. The van der Waals surface area contributed by atoms with Gasteiger partial charge >= 0.3 is 0 Å². The van der Waals surface area contributed by atoms with Crippen LogP contribution < -0.4 is 5.19 Å². The Kier molecular flexibility index (Phi) is 7.14. The highest BCUT2D eigenvalue weighted by Crippen LogP contribution is 2.29. The third-order valence-corrected chi connectivity index (χ3v) is 8.67. The number of benzene rings is 1. The maximum absolute atomic E-state index is 6.55. The van der Waals surface area contributed by atoms with E-state index in [9.17, 15) is 0 Å². The summed E-state index contributed by atoms with van der Waals surface area (Å²) < 4.78 is 6.55. The number of rotatable bonds is 8. The van der Waals surface area contributed by atoms with Crippen LogP contribution in [0.2, 0.25) is 32.7 Å². The van der Waals surface area contributed by atoms with Crippen LogP contribution >= 0.6 is 0 Å². The first kappa shape index (κ1) is 19.2. The highest BCUT2D eigenvalue weighted by molar-refractivity contribution is 6.95. The van der Waals surface area contributed by atoms with Gasteiger partial charge in [-0.1, -0.05) is 68.9 Å². The summed E-state index contributed by atoms with van der Waals surface area (Å²) in [6, 6.07) is 11.1. The zero-order valence-corrected chi connectivity index (χ0v) is 17.6. The molecule has 1 nitrogen and oxygen atoms in total. The molecule has 0 amide bonds. The molecule has 1 rings (SSSR count). The van der Waals surface area contributed by atoms with Crippen LogP contribution in [0.5, 0.6) is 0 Å². The van der Waals surface area contributed by atoms with Crippen LogP contribution in [0.25, 0.3) is 0 Å². The molecule has 0 spiro atoms. The van der Waals surface area contributed by atoms with Gasteiger partial charge in [0.1, 0.15) is 8.07 Å². The van der Waals surface area contributed by atoms with Crippen LogP contribution in [0.1, 0.15) is 39.5 Å². The van der Waals surface area contributed by atoms with E-state index in [2.05, 4.69) is 76.9 Å². The fourth-order valence-electron chi connectivity index (χ4n) is 2.94. The van der Waals surface area contributed by atoms with Gasteiger partial charge in [-0.15, -0.1) is 0 Å². The topological polar surface area (TPSA) is 9.23 Å². The summed E-state index contributed by atoms with van der Waals surface area (Å²) in [5.41, 5.74) is 0. The molecule has 0 aliphatic heterocycles. The molecule has 22 heavy (non-hydrogen) atoms. The summed E-state index contributed by atoms with van der Waals surface area (Å²) in [6.07, 6.45) is 4.62. The first-order valence-electron chi connectivity index (χ1n) is 8.69. The fourth-order valence-corrected chi connectivity index (χ4v) is 7.13. The number of hydrogen-bond acceptors (Lipinski definition) is 1. The number of hydrogen-bond donors (Lipinski definition) is 0. The van der Waals surface area contributed by atoms with E-state index in [4.69, 9.17) is 4.43 Å². The Morgan fingerprint density at radius 1 is 0.864 bits per heavy atom. The van der Waals surface area contributed by atoms with Crippen molar-refractivity contribution < 1.29 is 4.43 Å². The van der Waals surface area contributed by atoms with E-state index in [1.807, 2.05) is 0 Å². The van der Waals surface area contributed by atoms with Crippen molar-refractivity contribution in [2.75, 3.05) is 0 Å². The minimum absolute atomic E-state index is 1.09. The van der Waals surface area contributed by atoms with E-state index >= 15 is 0 Å². The van der Waals surface area contributed by atoms with Crippen molar-refractivity contribution in [1.29, 1.82) is 0 Å². The van der Waals surface area contributed by atoms with Crippen molar-refractivity contribution in [1.82, 2.24) is 0 Å². The van der Waals surface area contributed by atoms with Crippen molar-refractivity contribution in [3.8, 4) is 0 Å². The maximum Gasteiger partial charge on any atom is 0.241 e. The molecule has 3 heteroatoms. The summed E-state index contributed by atoms with van der Waals surface area (Å²) in [4.78, 5) is 0. The molecule has 1 aromatic rings. The third kappa shape index (κ3) is 5.43. The van der Waals surface area contributed by atoms with Gasteiger partial charge in [-0.3, -0.25) is 0 Å². The molecule has 0 fully saturated rings. The first-order chi connectivity index (χ1) is 10.2. The Hall–Kier alpha value is -0.806. The summed E-state index contributed by atoms with van der Waals surface area (Å²) >= 11 is 0. The molecule has 124 valence electrons. The first-order valence-corrected chi connectivity index (χ1v) is 15.1. The van der Waals surface area contributed by atoms with Crippen molar-refractivity contribution in [2.45, 2.75) is 72.3 Å². The van der Waals surface area contributed by atoms with Crippen LogP contribution in [0.3, 0.4) is 0 Å². The molecule has 0 aliphatic carbocycles.